The van der Waals surface area contributed by atoms with Crippen LogP contribution in [0.3, 0.4) is 0 Å². The van der Waals surface area contributed by atoms with Crippen molar-refractivity contribution in [2.24, 2.45) is 11.8 Å². The second kappa shape index (κ2) is 12.7. The molecule has 188 valence electrons. The van der Waals surface area contributed by atoms with Crippen molar-refractivity contribution in [2.75, 3.05) is 45.8 Å². The van der Waals surface area contributed by atoms with Gasteiger partial charge < -0.3 is 20.5 Å². The van der Waals surface area contributed by atoms with E-state index in [0.717, 1.165) is 56.7 Å². The Bertz CT molecular complexity index is 649. The molecule has 2 heterocycles. The Hall–Kier alpha value is -1.66. The summed E-state index contributed by atoms with van der Waals surface area (Å²) < 4.78 is 0. The quantitative estimate of drug-likeness (QED) is 0.389. The van der Waals surface area contributed by atoms with Crippen molar-refractivity contribution in [2.45, 2.75) is 77.8 Å². The molecule has 3 aliphatic rings. The Morgan fingerprint density at radius 1 is 1.06 bits per heavy atom. The summed E-state index contributed by atoms with van der Waals surface area (Å²) in [5.74, 6) is 2.47. The molecule has 3 rings (SSSR count). The van der Waals surface area contributed by atoms with Gasteiger partial charge in [0.2, 0.25) is 0 Å². The van der Waals surface area contributed by atoms with E-state index in [1.165, 1.54) is 57.2 Å². The average molecular weight is 459 g/mol. The van der Waals surface area contributed by atoms with Crippen LogP contribution in [0.1, 0.15) is 65.7 Å². The van der Waals surface area contributed by atoms with Gasteiger partial charge in [0.05, 0.1) is 17.9 Å². The lowest BCUT2D eigenvalue weighted by atomic mass is 9.93. The molecular formula is C27H50N6. The minimum Gasteiger partial charge on any atom is -0.379 e. The molecule has 3 atom stereocenters. The molecule has 0 radical (unpaired) electrons. The molecule has 1 aliphatic carbocycles. The third-order valence-electron chi connectivity index (χ3n) is 7.90. The summed E-state index contributed by atoms with van der Waals surface area (Å²) >= 11 is 0. The first-order valence-electron chi connectivity index (χ1n) is 13.5. The summed E-state index contributed by atoms with van der Waals surface area (Å²) in [5, 5.41) is 9.42. The number of nitrogens with one attached hydrogen (secondary N) is 3. The molecule has 3 fully saturated rings. The van der Waals surface area contributed by atoms with Crippen LogP contribution >= 0.6 is 0 Å². The van der Waals surface area contributed by atoms with Gasteiger partial charge in [-0.1, -0.05) is 32.6 Å². The highest BCUT2D eigenvalue weighted by Gasteiger charge is 2.37. The largest absolute Gasteiger partial charge is 0.379 e. The van der Waals surface area contributed by atoms with Gasteiger partial charge in [0, 0.05) is 50.7 Å². The summed E-state index contributed by atoms with van der Waals surface area (Å²) in [6.45, 7) is 27.3. The molecule has 3 N–H and O–H groups in total. The first-order valence-corrected chi connectivity index (χ1v) is 13.5. The van der Waals surface area contributed by atoms with Gasteiger partial charge in [0.1, 0.15) is 0 Å². The van der Waals surface area contributed by atoms with E-state index in [4.69, 9.17) is 0 Å². The second-order valence-electron chi connectivity index (χ2n) is 10.3. The summed E-state index contributed by atoms with van der Waals surface area (Å²) in [4.78, 5) is 5.14. The minimum absolute atomic E-state index is 0.185. The van der Waals surface area contributed by atoms with Crippen molar-refractivity contribution in [3.05, 3.63) is 37.0 Å². The van der Waals surface area contributed by atoms with Crippen LogP contribution in [0.2, 0.25) is 0 Å². The highest BCUT2D eigenvalue weighted by atomic mass is 15.5. The fraction of sp³-hybridized carbons (Fsp3) is 0.778. The number of rotatable bonds is 13. The zero-order valence-corrected chi connectivity index (χ0v) is 21.7. The summed E-state index contributed by atoms with van der Waals surface area (Å²) in [6, 6.07) is 0.610. The van der Waals surface area contributed by atoms with Crippen LogP contribution in [0.4, 0.5) is 0 Å². The maximum Gasteiger partial charge on any atom is 0.0938 e. The van der Waals surface area contributed by atoms with E-state index in [2.05, 4.69) is 71.4 Å². The standard InChI is InChI=1S/C27H50N6/c1-7-28-24(6)31(8-2)19-25-15-18-32(20-25)27(26-13-9-10-14-26)22(4)30-21(3)23(5)33-17-12-11-16-29-33/h21,25-30H,4-20H2,1-3H3. The Labute approximate surface area is 203 Å². The van der Waals surface area contributed by atoms with Crippen molar-refractivity contribution >= 4 is 0 Å². The summed E-state index contributed by atoms with van der Waals surface area (Å²) in [6.07, 6.45) is 9.10. The van der Waals surface area contributed by atoms with Crippen molar-refractivity contribution in [1.29, 1.82) is 0 Å². The van der Waals surface area contributed by atoms with Crippen LogP contribution in [0, 0.1) is 11.8 Å². The van der Waals surface area contributed by atoms with Gasteiger partial charge >= 0.3 is 0 Å². The first-order chi connectivity index (χ1) is 15.9. The zero-order valence-electron chi connectivity index (χ0n) is 21.7. The van der Waals surface area contributed by atoms with Crippen LogP contribution in [0.25, 0.3) is 0 Å². The molecule has 2 saturated heterocycles. The van der Waals surface area contributed by atoms with Crippen molar-refractivity contribution in [1.82, 2.24) is 30.9 Å². The van der Waals surface area contributed by atoms with Crippen molar-refractivity contribution < 1.29 is 0 Å². The zero-order chi connectivity index (χ0) is 23.8. The molecule has 0 aromatic carbocycles. The second-order valence-corrected chi connectivity index (χ2v) is 10.3. The van der Waals surface area contributed by atoms with Crippen LogP contribution in [-0.2, 0) is 0 Å². The van der Waals surface area contributed by atoms with E-state index in [1.54, 1.807) is 0 Å². The Kier molecular flexibility index (Phi) is 9.99. The van der Waals surface area contributed by atoms with E-state index in [-0.39, 0.29) is 6.04 Å². The molecule has 0 bridgehead atoms. The third kappa shape index (κ3) is 6.92. The molecule has 0 amide bonds. The lowest BCUT2D eigenvalue weighted by molar-refractivity contribution is 0.174. The van der Waals surface area contributed by atoms with E-state index >= 15 is 0 Å². The van der Waals surface area contributed by atoms with E-state index in [1.807, 2.05) is 0 Å². The van der Waals surface area contributed by atoms with Crippen molar-refractivity contribution in [3.63, 3.8) is 0 Å². The Balaban J connectivity index is 1.60. The molecule has 6 nitrogen and oxygen atoms in total. The van der Waals surface area contributed by atoms with Gasteiger partial charge in [-0.15, -0.1) is 0 Å². The lowest BCUT2D eigenvalue weighted by Gasteiger charge is -2.38. The molecule has 6 heteroatoms. The summed E-state index contributed by atoms with van der Waals surface area (Å²) in [5.41, 5.74) is 5.81. The first kappa shape index (κ1) is 26.0. The minimum atomic E-state index is 0.185. The number of hydrogen-bond acceptors (Lipinski definition) is 6. The van der Waals surface area contributed by atoms with Crippen LogP contribution in [-0.4, -0.2) is 72.7 Å². The highest BCUT2D eigenvalue weighted by Crippen LogP contribution is 2.35. The Morgan fingerprint density at radius 2 is 1.82 bits per heavy atom. The maximum atomic E-state index is 4.60. The molecule has 1 saturated carbocycles. The number of hydrazine groups is 1. The monoisotopic (exact) mass is 458 g/mol. The fourth-order valence-corrected chi connectivity index (χ4v) is 6.01. The number of nitrogens with zero attached hydrogens (tertiary/aromatic N) is 3. The van der Waals surface area contributed by atoms with E-state index in [0.29, 0.717) is 12.0 Å². The van der Waals surface area contributed by atoms with Crippen LogP contribution in [0.5, 0.6) is 0 Å². The normalized spacial score (nSPS) is 23.8. The molecule has 2 aliphatic heterocycles. The van der Waals surface area contributed by atoms with Gasteiger partial charge in [0.15, 0.2) is 0 Å². The Morgan fingerprint density at radius 3 is 2.45 bits per heavy atom. The van der Waals surface area contributed by atoms with E-state index in [9.17, 15) is 0 Å². The SMILES string of the molecule is C=C(NC(C)C(=C)N1CCCCN1)C(C1CCCC1)N1CCC(CN(CC)C(=C)NCC)C1. The predicted molar refractivity (Wildman–Crippen MR) is 140 cm³/mol. The summed E-state index contributed by atoms with van der Waals surface area (Å²) in [7, 11) is 0. The third-order valence-corrected chi connectivity index (χ3v) is 7.90. The van der Waals surface area contributed by atoms with Crippen molar-refractivity contribution in [3.8, 4) is 0 Å². The smallest absolute Gasteiger partial charge is 0.0938 e. The molecular weight excluding hydrogens is 408 g/mol. The van der Waals surface area contributed by atoms with Gasteiger partial charge in [-0.25, -0.2) is 5.43 Å². The lowest BCUT2D eigenvalue weighted by Crippen LogP contribution is -2.49. The van der Waals surface area contributed by atoms with Gasteiger partial charge in [-0.2, -0.15) is 0 Å². The van der Waals surface area contributed by atoms with Crippen LogP contribution < -0.4 is 16.1 Å². The number of likely N-dealkylation sites (tertiary alicyclic amines) is 1. The highest BCUT2D eigenvalue weighted by molar-refractivity contribution is 5.14. The molecule has 3 unspecified atom stereocenters. The fourth-order valence-electron chi connectivity index (χ4n) is 6.01. The van der Waals surface area contributed by atoms with E-state index < -0.39 is 0 Å². The van der Waals surface area contributed by atoms with Gasteiger partial charge in [0.25, 0.3) is 0 Å². The topological polar surface area (TPSA) is 45.8 Å². The molecule has 0 aromatic heterocycles. The molecule has 0 aromatic rings. The van der Waals surface area contributed by atoms with Gasteiger partial charge in [-0.05, 0) is 71.3 Å². The van der Waals surface area contributed by atoms with Crippen LogP contribution in [0.15, 0.2) is 37.0 Å². The maximum absolute atomic E-state index is 4.60. The predicted octanol–water partition coefficient (Wildman–Crippen LogP) is 3.88. The number of hydrogen-bond donors (Lipinski definition) is 3. The molecule has 33 heavy (non-hydrogen) atoms. The van der Waals surface area contributed by atoms with Gasteiger partial charge in [-0.3, -0.25) is 4.90 Å². The average Bonchev–Trinajstić information content (AvgIpc) is 3.50. The molecule has 0 spiro atoms.